The van der Waals surface area contributed by atoms with Gasteiger partial charge < -0.3 is 68.1 Å². The fourth-order valence-corrected chi connectivity index (χ4v) is 13.6. The van der Waals surface area contributed by atoms with E-state index in [1.165, 1.54) is 36.2 Å². The number of H-pyrrole nitrogens is 2. The SMILES string of the molecule is COC(=O)N[C@H](C(=O)N1CCC[C@H]1c1ncc(-c2ccc(B3OC(C)(C)C(C)(C)O3)cc2)[nH]1)C(C)C.COCc1cn(C[C@H]2CN(c3ccc(-c4ccc(-c5cnc([C@@H]6CCCN6C(=O)[C@@H](NC(=O)OC)C(C)C)[nH]5)cc4)c(F)c3)C(=O)O2)nn1.COCc1cn(C[C@H]2CN(c3ccc(I)c(F)c3)C(=O)O2)nn1. The van der Waals surface area contributed by atoms with E-state index in [0.29, 0.717) is 89.2 Å². The van der Waals surface area contributed by atoms with Crippen LogP contribution in [-0.4, -0.2) is 193 Å². The third kappa shape index (κ3) is 18.4. The molecular formula is C74H90BF2IN16O14. The summed E-state index contributed by atoms with van der Waals surface area (Å²) < 4.78 is 75.4. The van der Waals surface area contributed by atoms with Crippen LogP contribution in [0.15, 0.2) is 110 Å². The first-order valence-corrected chi connectivity index (χ1v) is 36.7. The number of nitrogens with zero attached hydrogens (tertiary/aromatic N) is 12. The summed E-state index contributed by atoms with van der Waals surface area (Å²) in [6.45, 7) is 18.9. The summed E-state index contributed by atoms with van der Waals surface area (Å²) in [6, 6.07) is 23.0. The Balaban J connectivity index is 0.000000172. The van der Waals surface area contributed by atoms with Crippen LogP contribution >= 0.6 is 22.6 Å². The number of hydrogen-bond acceptors (Lipinski definition) is 20. The van der Waals surface area contributed by atoms with E-state index in [0.717, 1.165) is 59.5 Å². The summed E-state index contributed by atoms with van der Waals surface area (Å²) in [7, 11) is 5.30. The summed E-state index contributed by atoms with van der Waals surface area (Å²) in [5, 5.41) is 21.3. The number of likely N-dealkylation sites (tertiary alicyclic amines) is 2. The topological polar surface area (TPSA) is 332 Å². The van der Waals surface area contributed by atoms with E-state index in [-0.39, 0.29) is 65.4 Å². The number of imidazole rings is 2. The van der Waals surface area contributed by atoms with E-state index in [2.05, 4.69) is 51.2 Å². The maximum atomic E-state index is 15.4. The number of benzene rings is 4. The fraction of sp³-hybridized carbons (Fsp3) is 0.459. The third-order valence-electron chi connectivity index (χ3n) is 19.7. The quantitative estimate of drug-likeness (QED) is 0.0278. The lowest BCUT2D eigenvalue weighted by Gasteiger charge is -2.32. The highest BCUT2D eigenvalue weighted by molar-refractivity contribution is 14.1. The maximum Gasteiger partial charge on any atom is 0.494 e. The molecule has 5 aliphatic rings. The average molecular weight is 1600 g/mol. The number of carbonyl (C=O) groups excluding carboxylic acids is 6. The van der Waals surface area contributed by atoms with E-state index in [9.17, 15) is 33.2 Å². The number of methoxy groups -OCH3 is 4. The van der Waals surface area contributed by atoms with Crippen molar-refractivity contribution in [1.82, 2.24) is 70.4 Å². The Morgan fingerprint density at radius 3 is 1.45 bits per heavy atom. The number of alkyl carbamates (subject to hydrolysis) is 2. The highest BCUT2D eigenvalue weighted by Crippen LogP contribution is 2.39. The number of aromatic nitrogens is 10. The van der Waals surface area contributed by atoms with Gasteiger partial charge in [-0.15, -0.1) is 10.2 Å². The number of aromatic amines is 2. The summed E-state index contributed by atoms with van der Waals surface area (Å²) in [6.07, 6.45) is 7.07. The molecule has 34 heteroatoms. The van der Waals surface area contributed by atoms with Crippen molar-refractivity contribution in [3.8, 4) is 33.6 Å². The van der Waals surface area contributed by atoms with Crippen LogP contribution < -0.4 is 25.9 Å². The molecule has 4 N–H and O–H groups in total. The molecule has 574 valence electrons. The number of rotatable bonds is 22. The molecule has 5 saturated heterocycles. The van der Waals surface area contributed by atoms with Gasteiger partial charge in [-0.1, -0.05) is 86.7 Å². The Labute approximate surface area is 637 Å². The van der Waals surface area contributed by atoms with Crippen molar-refractivity contribution in [1.29, 1.82) is 0 Å². The van der Waals surface area contributed by atoms with Gasteiger partial charge in [0.1, 0.15) is 59.0 Å². The predicted octanol–water partition coefficient (Wildman–Crippen LogP) is 10.3. The molecular weight excluding hydrogens is 1510 g/mol. The number of halogens is 3. The van der Waals surface area contributed by atoms with Crippen LogP contribution in [0.2, 0.25) is 0 Å². The molecule has 0 spiro atoms. The van der Waals surface area contributed by atoms with Crippen molar-refractivity contribution >= 4 is 82.7 Å². The predicted molar refractivity (Wildman–Crippen MR) is 401 cm³/mol. The molecule has 30 nitrogen and oxygen atoms in total. The second kappa shape index (κ2) is 34.5. The molecule has 0 aliphatic carbocycles. The molecule has 0 saturated carbocycles. The molecule has 4 aromatic carbocycles. The first kappa shape index (κ1) is 79.1. The highest BCUT2D eigenvalue weighted by atomic mass is 127. The van der Waals surface area contributed by atoms with Crippen molar-refractivity contribution in [3.05, 3.63) is 148 Å². The van der Waals surface area contributed by atoms with Crippen molar-refractivity contribution in [2.45, 2.75) is 155 Å². The number of cyclic esters (lactones) is 2. The molecule has 0 bridgehead atoms. The largest absolute Gasteiger partial charge is 0.494 e. The molecule has 6 atom stereocenters. The number of carbonyl (C=O) groups is 6. The number of nitrogens with one attached hydrogen (secondary N) is 4. The van der Waals surface area contributed by atoms with Crippen molar-refractivity contribution < 1.29 is 75.3 Å². The highest BCUT2D eigenvalue weighted by Gasteiger charge is 2.52. The monoisotopic (exact) mass is 1600 g/mol. The standard InChI is InChI=1S/C34H39FN8O6.C26H37BN4O5.C14H14FIN4O3/c1-20(2)30(38-33(45)48-4)32(44)42-13-5-6-29(42)31-36-15-28(37-31)22-9-7-21(8-10-22)26-12-11-24(14-27(26)35)43-18-25(49-34(43)46)17-41-16-23(19-47-3)39-40-41;1-16(2)21(30-24(33)34-7)23(32)31-14-8-9-20(31)22-28-15-19(29-22)17-10-12-18(13-11-17)27-35-25(3,4)26(5,6)36-27;1-22-8-9-5-19(18-17-9)6-11-7-20(14(21)23-11)10-2-3-13(16)12(15)4-10/h7-12,14-16,20,25,29-30H,5-6,13,17-19H2,1-4H3,(H,36,37)(H,38,45);10-13,15-16,20-21H,8-9,14H2,1-7H3,(H,28,29)(H,30,33);2-5,11H,6-8H2,1H3/t25-,29-,30-;20-,21-;11-/m000/s1. The van der Waals surface area contributed by atoms with Crippen molar-refractivity contribution in [2.75, 3.05) is 64.4 Å². The van der Waals surface area contributed by atoms with Crippen LogP contribution in [0.3, 0.4) is 0 Å². The van der Waals surface area contributed by atoms with E-state index >= 15 is 4.39 Å². The zero-order chi connectivity index (χ0) is 77.3. The minimum absolute atomic E-state index is 0.0764. The van der Waals surface area contributed by atoms with E-state index in [4.69, 9.17) is 37.7 Å². The molecule has 8 aromatic rings. The lowest BCUT2D eigenvalue weighted by atomic mass is 9.79. The Morgan fingerprint density at radius 2 is 1.04 bits per heavy atom. The lowest BCUT2D eigenvalue weighted by molar-refractivity contribution is -0.136. The molecule has 13 rings (SSSR count). The molecule has 5 fully saturated rings. The van der Waals surface area contributed by atoms with Gasteiger partial charge in [-0.3, -0.25) is 19.4 Å². The Hall–Kier alpha value is -9.91. The minimum Gasteiger partial charge on any atom is -0.453 e. The zero-order valence-electron chi connectivity index (χ0n) is 62.3. The van der Waals surface area contributed by atoms with Crippen LogP contribution in [0.5, 0.6) is 0 Å². The minimum atomic E-state index is -0.716. The van der Waals surface area contributed by atoms with Crippen LogP contribution in [0, 0.1) is 27.0 Å². The number of anilines is 2. The van der Waals surface area contributed by atoms with Gasteiger partial charge in [0.05, 0.1) is 124 Å². The van der Waals surface area contributed by atoms with Gasteiger partial charge in [0.25, 0.3) is 0 Å². The summed E-state index contributed by atoms with van der Waals surface area (Å²) in [5.74, 6) is 0.0603. The van der Waals surface area contributed by atoms with Gasteiger partial charge in [-0.2, -0.15) is 0 Å². The van der Waals surface area contributed by atoms with Crippen LogP contribution in [-0.2, 0) is 73.6 Å². The molecule has 5 aliphatic heterocycles. The molecule has 6 amide bonds. The van der Waals surface area contributed by atoms with Crippen LogP contribution in [0.4, 0.5) is 39.3 Å². The number of ether oxygens (including phenoxy) is 6. The van der Waals surface area contributed by atoms with Gasteiger partial charge in [0.2, 0.25) is 11.8 Å². The molecule has 0 radical (unpaired) electrons. The Morgan fingerprint density at radius 1 is 0.611 bits per heavy atom. The first-order chi connectivity index (χ1) is 51.6. The third-order valence-corrected chi connectivity index (χ3v) is 20.6. The Kier molecular flexibility index (Phi) is 25.3. The van der Waals surface area contributed by atoms with Gasteiger partial charge >= 0.3 is 31.5 Å². The number of hydrogen-bond donors (Lipinski definition) is 4. The van der Waals surface area contributed by atoms with E-state index in [1.54, 1.807) is 77.5 Å². The van der Waals surface area contributed by atoms with Gasteiger partial charge in [-0.05, 0) is 146 Å². The lowest BCUT2D eigenvalue weighted by Crippen LogP contribution is -2.51. The fourth-order valence-electron chi connectivity index (χ4n) is 13.2. The summed E-state index contributed by atoms with van der Waals surface area (Å²) in [4.78, 5) is 97.5. The molecule has 9 heterocycles. The molecule has 4 aromatic heterocycles. The van der Waals surface area contributed by atoms with E-state index < -0.39 is 55.5 Å². The van der Waals surface area contributed by atoms with Crippen LogP contribution in [0.25, 0.3) is 33.6 Å². The van der Waals surface area contributed by atoms with Gasteiger partial charge in [0.15, 0.2) is 0 Å². The zero-order valence-corrected chi connectivity index (χ0v) is 64.4. The second-order valence-electron chi connectivity index (χ2n) is 28.5. The van der Waals surface area contributed by atoms with Crippen molar-refractivity contribution in [3.63, 3.8) is 0 Å². The van der Waals surface area contributed by atoms with E-state index in [1.807, 2.05) is 131 Å². The van der Waals surface area contributed by atoms with Gasteiger partial charge in [-0.25, -0.2) is 47.3 Å². The van der Waals surface area contributed by atoms with Crippen LogP contribution in [0.1, 0.15) is 116 Å². The average Bonchev–Trinajstić information content (AvgIpc) is 1.62. The van der Waals surface area contributed by atoms with Crippen molar-refractivity contribution in [2.24, 2.45) is 11.8 Å². The first-order valence-electron chi connectivity index (χ1n) is 35.6. The summed E-state index contributed by atoms with van der Waals surface area (Å²) >= 11 is 1.90. The smallest absolute Gasteiger partial charge is 0.453 e. The van der Waals surface area contributed by atoms with Gasteiger partial charge in [0, 0.05) is 36.4 Å². The molecule has 108 heavy (non-hydrogen) atoms. The summed E-state index contributed by atoms with van der Waals surface area (Å²) in [5.41, 5.74) is 6.94. The second-order valence-corrected chi connectivity index (χ2v) is 29.6. The normalized spacial score (nSPS) is 19.2. The maximum absolute atomic E-state index is 15.4. The Bertz CT molecular complexity index is 4460. The number of amides is 6. The molecule has 0 unspecified atom stereocenters.